The Morgan fingerprint density at radius 1 is 1.11 bits per heavy atom. The number of amides is 1. The fraction of sp³-hybridized carbons (Fsp3) is 0.333. The third kappa shape index (κ3) is 4.48. The Bertz CT molecular complexity index is 1560. The summed E-state index contributed by atoms with van der Waals surface area (Å²) in [5.74, 6) is -0.444. The zero-order chi connectivity index (χ0) is 26.3. The second-order valence-electron chi connectivity index (χ2n) is 8.66. The number of sulfonamides is 1. The number of hydrogen-bond acceptors (Lipinski definition) is 6. The fourth-order valence-electron chi connectivity index (χ4n) is 4.41. The lowest BCUT2D eigenvalue weighted by Gasteiger charge is -2.33. The molecule has 0 saturated carbocycles. The van der Waals surface area contributed by atoms with Gasteiger partial charge >= 0.3 is 0 Å². The van der Waals surface area contributed by atoms with Gasteiger partial charge in [-0.1, -0.05) is 30.3 Å². The Balaban J connectivity index is 1.41. The van der Waals surface area contributed by atoms with Crippen LogP contribution >= 0.6 is 0 Å². The molecule has 3 aromatic heterocycles. The van der Waals surface area contributed by atoms with Gasteiger partial charge < -0.3 is 4.90 Å². The molecule has 13 heteroatoms. The molecule has 0 bridgehead atoms. The van der Waals surface area contributed by atoms with Crippen LogP contribution < -0.4 is 0 Å². The number of carbonyl (C=O) groups is 1. The maximum absolute atomic E-state index is 13.9. The number of carbonyl (C=O) groups excluding carboxylic acids is 1. The lowest BCUT2D eigenvalue weighted by molar-refractivity contribution is 0.0699. The zero-order valence-corrected chi connectivity index (χ0v) is 21.1. The molecule has 0 aliphatic carbocycles. The molecule has 5 rings (SSSR count). The molecule has 1 saturated heterocycles. The van der Waals surface area contributed by atoms with Crippen molar-refractivity contribution in [1.29, 1.82) is 0 Å². The summed E-state index contributed by atoms with van der Waals surface area (Å²) in [6, 6.07) is 10.1. The number of aromatic nitrogens is 5. The zero-order valence-electron chi connectivity index (χ0n) is 20.3. The van der Waals surface area contributed by atoms with E-state index in [2.05, 4.69) is 15.2 Å². The van der Waals surface area contributed by atoms with Crippen LogP contribution in [-0.4, -0.2) is 74.1 Å². The van der Waals surface area contributed by atoms with E-state index < -0.39 is 22.4 Å². The predicted octanol–water partition coefficient (Wildman–Crippen LogP) is 3.01. The maximum atomic E-state index is 13.9. The largest absolute Gasteiger partial charge is 0.336 e. The van der Waals surface area contributed by atoms with E-state index in [4.69, 9.17) is 0 Å². The average molecular weight is 530 g/mol. The molecule has 0 N–H and O–H groups in total. The van der Waals surface area contributed by atoms with E-state index >= 15 is 0 Å². The van der Waals surface area contributed by atoms with Crippen molar-refractivity contribution in [3.63, 3.8) is 0 Å². The first-order chi connectivity index (χ1) is 17.7. The van der Waals surface area contributed by atoms with E-state index in [0.29, 0.717) is 23.5 Å². The third-order valence-corrected chi connectivity index (χ3v) is 8.39. The van der Waals surface area contributed by atoms with Crippen molar-refractivity contribution in [3.05, 3.63) is 65.7 Å². The van der Waals surface area contributed by atoms with Crippen molar-refractivity contribution < 1.29 is 22.0 Å². The summed E-state index contributed by atoms with van der Waals surface area (Å²) < 4.78 is 57.9. The molecule has 1 amide bonds. The van der Waals surface area contributed by atoms with Gasteiger partial charge in [0.25, 0.3) is 12.3 Å². The standard InChI is InChI=1S/C24H25F2N7O3S/c1-3-31-15-21(16(2)29-31)37(35,36)32-11-9-30(10-12-32)24(34)18-14-27-33-20(22(25)26)13-19(28-23(18)33)17-7-5-4-6-8-17/h4-8,13-15,22H,3,9-12H2,1-2H3. The topological polar surface area (TPSA) is 106 Å². The molecular formula is C24H25F2N7O3S. The smallest absolute Gasteiger partial charge is 0.280 e. The Hall–Kier alpha value is -3.71. The molecule has 4 heterocycles. The number of piperazine rings is 1. The quantitative estimate of drug-likeness (QED) is 0.380. The number of rotatable bonds is 6. The fourth-order valence-corrected chi connectivity index (χ4v) is 6.00. The minimum absolute atomic E-state index is 0.0271. The Morgan fingerprint density at radius 3 is 2.43 bits per heavy atom. The Labute approximate surface area is 212 Å². The maximum Gasteiger partial charge on any atom is 0.280 e. The molecule has 194 valence electrons. The van der Waals surface area contributed by atoms with Gasteiger partial charge in [0.1, 0.15) is 16.2 Å². The number of aryl methyl sites for hydroxylation is 2. The first kappa shape index (κ1) is 25.0. The first-order valence-corrected chi connectivity index (χ1v) is 13.2. The number of alkyl halides is 2. The van der Waals surface area contributed by atoms with E-state index in [1.165, 1.54) is 27.7 Å². The van der Waals surface area contributed by atoms with Gasteiger partial charge in [-0.05, 0) is 19.9 Å². The van der Waals surface area contributed by atoms with Crippen LogP contribution in [0, 0.1) is 6.92 Å². The van der Waals surface area contributed by atoms with E-state index in [1.54, 1.807) is 41.9 Å². The summed E-state index contributed by atoms with van der Waals surface area (Å²) >= 11 is 0. The minimum Gasteiger partial charge on any atom is -0.336 e. The lowest BCUT2D eigenvalue weighted by Crippen LogP contribution is -2.50. The van der Waals surface area contributed by atoms with Gasteiger partial charge in [0, 0.05) is 44.5 Å². The summed E-state index contributed by atoms with van der Waals surface area (Å²) in [5, 5.41) is 8.24. The second-order valence-corrected chi connectivity index (χ2v) is 10.6. The van der Waals surface area contributed by atoms with Gasteiger partial charge in [-0.2, -0.15) is 14.5 Å². The van der Waals surface area contributed by atoms with Crippen LogP contribution in [-0.2, 0) is 16.6 Å². The lowest BCUT2D eigenvalue weighted by atomic mass is 10.1. The molecule has 1 aromatic carbocycles. The highest BCUT2D eigenvalue weighted by atomic mass is 32.2. The van der Waals surface area contributed by atoms with Crippen molar-refractivity contribution in [2.24, 2.45) is 0 Å². The van der Waals surface area contributed by atoms with E-state index in [9.17, 15) is 22.0 Å². The number of fused-ring (bicyclic) bond motifs is 1. The summed E-state index contributed by atoms with van der Waals surface area (Å²) in [6.07, 6.45) is -0.0839. The molecule has 4 aromatic rings. The molecule has 0 atom stereocenters. The van der Waals surface area contributed by atoms with Gasteiger partial charge in [0.2, 0.25) is 10.0 Å². The van der Waals surface area contributed by atoms with Crippen LogP contribution in [0.1, 0.15) is 35.1 Å². The van der Waals surface area contributed by atoms with Crippen LogP contribution in [0.5, 0.6) is 0 Å². The molecular weight excluding hydrogens is 504 g/mol. The van der Waals surface area contributed by atoms with Crippen LogP contribution in [0.15, 0.2) is 53.7 Å². The number of nitrogens with zero attached hydrogens (tertiary/aromatic N) is 7. The molecule has 37 heavy (non-hydrogen) atoms. The molecule has 0 spiro atoms. The molecule has 10 nitrogen and oxygen atoms in total. The van der Waals surface area contributed by atoms with Crippen molar-refractivity contribution >= 4 is 21.6 Å². The van der Waals surface area contributed by atoms with Gasteiger partial charge in [-0.15, -0.1) is 0 Å². The summed E-state index contributed by atoms with van der Waals surface area (Å²) in [6.45, 7) is 4.52. The van der Waals surface area contributed by atoms with E-state index in [-0.39, 0.29) is 48.0 Å². The van der Waals surface area contributed by atoms with Crippen LogP contribution in [0.25, 0.3) is 16.9 Å². The third-order valence-electron chi connectivity index (χ3n) is 6.39. The van der Waals surface area contributed by atoms with Crippen molar-refractivity contribution in [2.75, 3.05) is 26.2 Å². The molecule has 1 aliphatic rings. The minimum atomic E-state index is -3.77. The Morgan fingerprint density at radius 2 is 1.81 bits per heavy atom. The number of halogens is 2. The highest BCUT2D eigenvalue weighted by Gasteiger charge is 2.33. The SMILES string of the molecule is CCn1cc(S(=O)(=O)N2CCN(C(=O)c3cnn4c(C(F)F)cc(-c5ccccc5)nc34)CC2)c(C)n1. The highest BCUT2D eigenvalue weighted by molar-refractivity contribution is 7.89. The predicted molar refractivity (Wildman–Crippen MR) is 131 cm³/mol. The van der Waals surface area contributed by atoms with Crippen LogP contribution in [0.3, 0.4) is 0 Å². The second kappa shape index (κ2) is 9.63. The number of hydrogen-bond donors (Lipinski definition) is 0. The van der Waals surface area contributed by atoms with Gasteiger partial charge in [0.05, 0.1) is 17.6 Å². The van der Waals surface area contributed by atoms with Crippen molar-refractivity contribution in [1.82, 2.24) is 33.6 Å². The monoisotopic (exact) mass is 529 g/mol. The highest BCUT2D eigenvalue weighted by Crippen LogP contribution is 2.28. The summed E-state index contributed by atoms with van der Waals surface area (Å²) in [7, 11) is -3.77. The summed E-state index contributed by atoms with van der Waals surface area (Å²) in [4.78, 5) is 19.5. The molecule has 0 radical (unpaired) electrons. The average Bonchev–Trinajstić information content (AvgIpc) is 3.51. The number of benzene rings is 1. The normalized spacial score (nSPS) is 15.1. The first-order valence-electron chi connectivity index (χ1n) is 11.8. The van der Waals surface area contributed by atoms with E-state index in [0.717, 1.165) is 4.52 Å². The van der Waals surface area contributed by atoms with Crippen molar-refractivity contribution in [3.8, 4) is 11.3 Å². The molecule has 0 unspecified atom stereocenters. The molecule has 1 fully saturated rings. The Kier molecular flexibility index (Phi) is 6.50. The summed E-state index contributed by atoms with van der Waals surface area (Å²) in [5.41, 5.74) is 1.09. The van der Waals surface area contributed by atoms with Gasteiger partial charge in [-0.3, -0.25) is 9.48 Å². The molecule has 1 aliphatic heterocycles. The van der Waals surface area contributed by atoms with Crippen molar-refractivity contribution in [2.45, 2.75) is 31.7 Å². The van der Waals surface area contributed by atoms with Crippen LogP contribution in [0.4, 0.5) is 8.78 Å². The van der Waals surface area contributed by atoms with Crippen LogP contribution in [0.2, 0.25) is 0 Å². The van der Waals surface area contributed by atoms with E-state index in [1.807, 2.05) is 6.92 Å². The van der Waals surface area contributed by atoms with Gasteiger partial charge in [-0.25, -0.2) is 26.7 Å². The van der Waals surface area contributed by atoms with Gasteiger partial charge in [0.15, 0.2) is 5.65 Å².